The second-order valence-electron chi connectivity index (χ2n) is 4.63. The maximum absolute atomic E-state index is 12.4. The zero-order valence-electron chi connectivity index (χ0n) is 9.90. The second kappa shape index (κ2) is 4.82. The number of rotatable bonds is 2. The molecule has 3 rings (SSSR count). The summed E-state index contributed by atoms with van der Waals surface area (Å²) in [5.41, 5.74) is 0.770. The predicted octanol–water partition coefficient (Wildman–Crippen LogP) is 1.91. The fourth-order valence-corrected chi connectivity index (χ4v) is 2.97. The van der Waals surface area contributed by atoms with Crippen LogP contribution in [-0.2, 0) is 6.54 Å². The first kappa shape index (κ1) is 11.9. The van der Waals surface area contributed by atoms with Gasteiger partial charge in [0.25, 0.3) is 5.56 Å². The summed E-state index contributed by atoms with van der Waals surface area (Å²) in [5.74, 6) is 0. The molecule has 0 spiro atoms. The first-order valence-corrected chi connectivity index (χ1v) is 6.92. The molecule has 1 aliphatic rings. The van der Waals surface area contributed by atoms with Crippen LogP contribution in [0.1, 0.15) is 12.8 Å². The number of hydrogen-bond acceptors (Lipinski definition) is 3. The molecule has 0 saturated carbocycles. The highest BCUT2D eigenvalue weighted by molar-refractivity contribution is 9.10. The zero-order chi connectivity index (χ0) is 12.5. The van der Waals surface area contributed by atoms with Crippen LogP contribution in [0.3, 0.4) is 0 Å². The lowest BCUT2D eigenvalue weighted by Gasteiger charge is -2.12. The smallest absolute Gasteiger partial charge is 0.262 e. The normalized spacial score (nSPS) is 19.5. The van der Waals surface area contributed by atoms with Gasteiger partial charge in [0.15, 0.2) is 0 Å². The summed E-state index contributed by atoms with van der Waals surface area (Å²) in [6.45, 7) is 1.74. The Balaban J connectivity index is 2.05. The van der Waals surface area contributed by atoms with Gasteiger partial charge >= 0.3 is 0 Å². The summed E-state index contributed by atoms with van der Waals surface area (Å²) in [4.78, 5) is 16.8. The van der Waals surface area contributed by atoms with Crippen LogP contribution >= 0.6 is 15.9 Å². The topological polar surface area (TPSA) is 46.9 Å². The maximum atomic E-state index is 12.4. The number of hydrogen-bond donors (Lipinski definition) is 1. The molecule has 0 radical (unpaired) electrons. The lowest BCUT2D eigenvalue weighted by Crippen LogP contribution is -2.32. The molecule has 0 amide bonds. The molecule has 2 heterocycles. The Labute approximate surface area is 113 Å². The summed E-state index contributed by atoms with van der Waals surface area (Å²) in [6.07, 6.45) is 3.96. The molecule has 1 saturated heterocycles. The molecule has 0 bridgehead atoms. The molecule has 1 atom stereocenters. The van der Waals surface area contributed by atoms with E-state index in [9.17, 15) is 4.79 Å². The van der Waals surface area contributed by atoms with E-state index in [1.165, 1.54) is 6.42 Å². The van der Waals surface area contributed by atoms with Crippen molar-refractivity contribution in [2.75, 3.05) is 6.54 Å². The molecule has 1 unspecified atom stereocenters. The third-order valence-corrected chi connectivity index (χ3v) is 4.04. The van der Waals surface area contributed by atoms with Crippen molar-refractivity contribution in [2.24, 2.45) is 0 Å². The fourth-order valence-electron chi connectivity index (χ4n) is 2.44. The van der Waals surface area contributed by atoms with Gasteiger partial charge in [0.1, 0.15) is 0 Å². The van der Waals surface area contributed by atoms with E-state index in [0.29, 0.717) is 18.0 Å². The van der Waals surface area contributed by atoms with Gasteiger partial charge in [-0.2, -0.15) is 0 Å². The average Bonchev–Trinajstić information content (AvgIpc) is 2.86. The number of aromatic nitrogens is 2. The monoisotopic (exact) mass is 307 g/mol. The van der Waals surface area contributed by atoms with Crippen LogP contribution in [0.5, 0.6) is 0 Å². The van der Waals surface area contributed by atoms with E-state index in [0.717, 1.165) is 23.0 Å². The van der Waals surface area contributed by atoms with E-state index in [1.54, 1.807) is 10.9 Å². The van der Waals surface area contributed by atoms with Gasteiger partial charge in [0, 0.05) is 17.1 Å². The van der Waals surface area contributed by atoms with Crippen LogP contribution < -0.4 is 10.9 Å². The Bertz CT molecular complexity index is 632. The van der Waals surface area contributed by atoms with E-state index < -0.39 is 0 Å². The Hall–Kier alpha value is -1.20. The third-order valence-electron chi connectivity index (χ3n) is 3.38. The third kappa shape index (κ3) is 2.08. The number of nitrogens with one attached hydrogen (secondary N) is 1. The van der Waals surface area contributed by atoms with Crippen molar-refractivity contribution in [1.29, 1.82) is 0 Å². The van der Waals surface area contributed by atoms with Crippen LogP contribution in [0.2, 0.25) is 0 Å². The number of benzene rings is 1. The molecule has 4 nitrogen and oxygen atoms in total. The van der Waals surface area contributed by atoms with Gasteiger partial charge < -0.3 is 5.32 Å². The van der Waals surface area contributed by atoms with Crippen LogP contribution in [0.25, 0.3) is 10.9 Å². The van der Waals surface area contributed by atoms with Crippen molar-refractivity contribution in [3.05, 3.63) is 39.4 Å². The molecule has 1 aromatic heterocycles. The molecule has 0 aliphatic carbocycles. The quantitative estimate of drug-likeness (QED) is 0.922. The fraction of sp³-hybridized carbons (Fsp3) is 0.385. The molecular weight excluding hydrogens is 294 g/mol. The highest BCUT2D eigenvalue weighted by atomic mass is 79.9. The lowest BCUT2D eigenvalue weighted by atomic mass is 10.2. The van der Waals surface area contributed by atoms with E-state index in [1.807, 2.05) is 18.2 Å². The molecule has 1 fully saturated rings. The van der Waals surface area contributed by atoms with E-state index in [4.69, 9.17) is 0 Å². The number of nitrogens with zero attached hydrogens (tertiary/aromatic N) is 2. The van der Waals surface area contributed by atoms with Gasteiger partial charge in [-0.25, -0.2) is 4.98 Å². The molecule has 5 heteroatoms. The molecule has 1 aromatic carbocycles. The minimum absolute atomic E-state index is 0.0289. The van der Waals surface area contributed by atoms with Gasteiger partial charge in [-0.1, -0.05) is 6.07 Å². The average molecular weight is 308 g/mol. The standard InChI is InChI=1S/C13H14BrN3O/c14-10-4-1-5-11-12(10)13(18)17(8-16-11)7-9-3-2-6-15-9/h1,4-5,8-9,15H,2-3,6-7H2. The van der Waals surface area contributed by atoms with Crippen LogP contribution in [0.15, 0.2) is 33.8 Å². The van der Waals surface area contributed by atoms with Crippen LogP contribution in [0.4, 0.5) is 0 Å². The lowest BCUT2D eigenvalue weighted by molar-refractivity contribution is 0.497. The van der Waals surface area contributed by atoms with Crippen molar-refractivity contribution < 1.29 is 0 Å². The van der Waals surface area contributed by atoms with Gasteiger partial charge in [0.2, 0.25) is 0 Å². The van der Waals surface area contributed by atoms with Gasteiger partial charge in [-0.05, 0) is 47.4 Å². The summed E-state index contributed by atoms with van der Waals surface area (Å²) in [5, 5.41) is 4.06. The molecule has 1 aliphatic heterocycles. The predicted molar refractivity (Wildman–Crippen MR) is 74.7 cm³/mol. The van der Waals surface area contributed by atoms with Crippen molar-refractivity contribution in [3.8, 4) is 0 Å². The molecular formula is C13H14BrN3O. The first-order chi connectivity index (χ1) is 8.75. The number of fused-ring (bicyclic) bond motifs is 1. The Morgan fingerprint density at radius 3 is 3.17 bits per heavy atom. The SMILES string of the molecule is O=c1c2c(Br)cccc2ncn1CC1CCCN1. The highest BCUT2D eigenvalue weighted by Gasteiger charge is 2.16. The van der Waals surface area contributed by atoms with E-state index in [-0.39, 0.29) is 5.56 Å². The van der Waals surface area contributed by atoms with E-state index in [2.05, 4.69) is 26.2 Å². The highest BCUT2D eigenvalue weighted by Crippen LogP contribution is 2.18. The minimum atomic E-state index is 0.0289. The Morgan fingerprint density at radius 2 is 2.39 bits per heavy atom. The molecule has 18 heavy (non-hydrogen) atoms. The van der Waals surface area contributed by atoms with Crippen LogP contribution in [-0.4, -0.2) is 22.1 Å². The van der Waals surface area contributed by atoms with Crippen molar-refractivity contribution in [2.45, 2.75) is 25.4 Å². The molecule has 94 valence electrons. The van der Waals surface area contributed by atoms with Gasteiger partial charge in [-0.3, -0.25) is 9.36 Å². The largest absolute Gasteiger partial charge is 0.312 e. The zero-order valence-corrected chi connectivity index (χ0v) is 11.5. The van der Waals surface area contributed by atoms with Crippen LogP contribution in [0, 0.1) is 0 Å². The summed E-state index contributed by atoms with van der Waals surface area (Å²) < 4.78 is 2.52. The summed E-state index contributed by atoms with van der Waals surface area (Å²) in [6, 6.07) is 6.02. The number of halogens is 1. The second-order valence-corrected chi connectivity index (χ2v) is 5.48. The Morgan fingerprint density at radius 1 is 1.50 bits per heavy atom. The molecule has 1 N–H and O–H groups in total. The minimum Gasteiger partial charge on any atom is -0.312 e. The molecule has 2 aromatic rings. The summed E-state index contributed by atoms with van der Waals surface area (Å²) >= 11 is 3.43. The first-order valence-electron chi connectivity index (χ1n) is 6.13. The van der Waals surface area contributed by atoms with Gasteiger partial charge in [0.05, 0.1) is 17.2 Å². The van der Waals surface area contributed by atoms with Crippen molar-refractivity contribution in [3.63, 3.8) is 0 Å². The maximum Gasteiger partial charge on any atom is 0.262 e. The van der Waals surface area contributed by atoms with Crippen molar-refractivity contribution in [1.82, 2.24) is 14.9 Å². The summed E-state index contributed by atoms with van der Waals surface area (Å²) in [7, 11) is 0. The van der Waals surface area contributed by atoms with Gasteiger partial charge in [-0.15, -0.1) is 0 Å². The Kier molecular flexibility index (Phi) is 3.18. The van der Waals surface area contributed by atoms with Crippen molar-refractivity contribution >= 4 is 26.8 Å². The van der Waals surface area contributed by atoms with E-state index >= 15 is 0 Å².